The van der Waals surface area contributed by atoms with E-state index >= 15 is 0 Å². The van der Waals surface area contributed by atoms with Gasteiger partial charge in [0.2, 0.25) is 0 Å². The number of rotatable bonds is 3. The van der Waals surface area contributed by atoms with E-state index in [1.165, 1.54) is 16.0 Å². The average Bonchev–Trinajstić information content (AvgIpc) is 3.26. The van der Waals surface area contributed by atoms with Crippen molar-refractivity contribution in [1.29, 1.82) is 0 Å². The number of nitrogens with one attached hydrogen (secondary N) is 1. The summed E-state index contributed by atoms with van der Waals surface area (Å²) < 4.78 is 0. The topological polar surface area (TPSA) is 62.3 Å². The molecule has 1 aromatic heterocycles. The van der Waals surface area contributed by atoms with E-state index in [-0.39, 0.29) is 18.5 Å². The van der Waals surface area contributed by atoms with Crippen LogP contribution in [0.25, 0.3) is 10.9 Å². The first-order chi connectivity index (χ1) is 13.5. The molecule has 5 rings (SSSR count). The number of hydrogen-bond donors (Lipinski definition) is 1. The molecular weight excluding hydrogens is 350 g/mol. The van der Waals surface area contributed by atoms with Crippen LogP contribution in [0.2, 0.25) is 0 Å². The van der Waals surface area contributed by atoms with Crippen LogP contribution in [0.3, 0.4) is 0 Å². The third-order valence-corrected chi connectivity index (χ3v) is 5.94. The van der Waals surface area contributed by atoms with Crippen molar-refractivity contribution in [2.45, 2.75) is 38.3 Å². The van der Waals surface area contributed by atoms with Gasteiger partial charge in [0.15, 0.2) is 0 Å². The Bertz CT molecular complexity index is 1120. The Kier molecular flexibility index (Phi) is 3.72. The van der Waals surface area contributed by atoms with Crippen molar-refractivity contribution in [3.05, 3.63) is 77.0 Å². The van der Waals surface area contributed by atoms with Gasteiger partial charge in [0.25, 0.3) is 5.91 Å². The number of imide groups is 1. The summed E-state index contributed by atoms with van der Waals surface area (Å²) in [5, 5.41) is 3.91. The van der Waals surface area contributed by atoms with Crippen molar-refractivity contribution in [2.24, 2.45) is 0 Å². The highest BCUT2D eigenvalue weighted by molar-refractivity contribution is 6.07. The van der Waals surface area contributed by atoms with E-state index in [1.807, 2.05) is 36.4 Å². The van der Waals surface area contributed by atoms with Gasteiger partial charge in [0.05, 0.1) is 12.1 Å². The van der Waals surface area contributed by atoms with Gasteiger partial charge >= 0.3 is 6.03 Å². The molecule has 3 aromatic rings. The molecule has 1 aliphatic carbocycles. The molecule has 1 N–H and O–H groups in total. The number of amides is 3. The average molecular weight is 371 g/mol. The number of fused-ring (bicyclic) bond motifs is 2. The Morgan fingerprint density at radius 3 is 2.79 bits per heavy atom. The minimum atomic E-state index is -1.03. The molecule has 2 aromatic carbocycles. The summed E-state index contributed by atoms with van der Waals surface area (Å²) in [7, 11) is 0. The maximum atomic E-state index is 13.2. The SMILES string of the molecule is C[C@]1(c2ccc3c(c2)CCC3)NC(=O)N(Cc2cnc3ccccc3c2)C1=O. The second-order valence-corrected chi connectivity index (χ2v) is 7.82. The number of para-hydroxylation sites is 1. The summed E-state index contributed by atoms with van der Waals surface area (Å²) >= 11 is 0. The molecule has 0 spiro atoms. The summed E-state index contributed by atoms with van der Waals surface area (Å²) in [6.07, 6.45) is 5.01. The lowest BCUT2D eigenvalue weighted by Crippen LogP contribution is -2.40. The number of carbonyl (C=O) groups excluding carboxylic acids is 2. The fourth-order valence-corrected chi connectivity index (χ4v) is 4.30. The van der Waals surface area contributed by atoms with Gasteiger partial charge in [0.1, 0.15) is 5.54 Å². The molecule has 28 heavy (non-hydrogen) atoms. The molecule has 0 radical (unpaired) electrons. The fraction of sp³-hybridized carbons (Fsp3) is 0.261. The van der Waals surface area contributed by atoms with E-state index in [4.69, 9.17) is 0 Å². The van der Waals surface area contributed by atoms with Crippen LogP contribution in [0, 0.1) is 0 Å². The maximum absolute atomic E-state index is 13.2. The van der Waals surface area contributed by atoms with Crippen molar-refractivity contribution in [1.82, 2.24) is 15.2 Å². The van der Waals surface area contributed by atoms with Gasteiger partial charge < -0.3 is 5.32 Å². The largest absolute Gasteiger partial charge is 0.325 e. The zero-order valence-corrected chi connectivity index (χ0v) is 15.7. The zero-order chi connectivity index (χ0) is 19.3. The van der Waals surface area contributed by atoms with Gasteiger partial charge in [-0.05, 0) is 60.6 Å². The molecule has 1 aliphatic heterocycles. The van der Waals surface area contributed by atoms with Crippen LogP contribution in [-0.4, -0.2) is 21.8 Å². The molecule has 0 unspecified atom stereocenters. The molecule has 5 heteroatoms. The van der Waals surface area contributed by atoms with E-state index in [0.29, 0.717) is 0 Å². The summed E-state index contributed by atoms with van der Waals surface area (Å²) in [6.45, 7) is 2.01. The Morgan fingerprint density at radius 1 is 1.07 bits per heavy atom. The third kappa shape index (κ3) is 2.58. The van der Waals surface area contributed by atoms with Crippen LogP contribution in [0.15, 0.2) is 54.7 Å². The number of carbonyl (C=O) groups is 2. The molecular formula is C23H21N3O2. The molecule has 2 heterocycles. The van der Waals surface area contributed by atoms with Crippen LogP contribution < -0.4 is 5.32 Å². The van der Waals surface area contributed by atoms with Crippen molar-refractivity contribution in [3.63, 3.8) is 0 Å². The Balaban J connectivity index is 1.45. The second-order valence-electron chi connectivity index (χ2n) is 7.82. The maximum Gasteiger partial charge on any atom is 0.325 e. The summed E-state index contributed by atoms with van der Waals surface area (Å²) in [4.78, 5) is 31.6. The molecule has 3 amide bonds. The molecule has 1 fully saturated rings. The van der Waals surface area contributed by atoms with Crippen molar-refractivity contribution in [3.8, 4) is 0 Å². The highest BCUT2D eigenvalue weighted by Gasteiger charge is 2.49. The van der Waals surface area contributed by atoms with Crippen molar-refractivity contribution in [2.75, 3.05) is 0 Å². The zero-order valence-electron chi connectivity index (χ0n) is 15.7. The molecule has 1 saturated heterocycles. The quantitative estimate of drug-likeness (QED) is 0.714. The third-order valence-electron chi connectivity index (χ3n) is 5.94. The smallest absolute Gasteiger partial charge is 0.319 e. The molecule has 140 valence electrons. The minimum Gasteiger partial charge on any atom is -0.319 e. The van der Waals surface area contributed by atoms with Crippen LogP contribution in [-0.2, 0) is 29.7 Å². The minimum absolute atomic E-state index is 0.211. The van der Waals surface area contributed by atoms with Crippen LogP contribution >= 0.6 is 0 Å². The summed E-state index contributed by atoms with van der Waals surface area (Å²) in [6, 6.07) is 15.6. The molecule has 0 bridgehead atoms. The van der Waals surface area contributed by atoms with Crippen LogP contribution in [0.4, 0.5) is 4.79 Å². The van der Waals surface area contributed by atoms with Gasteiger partial charge in [-0.1, -0.05) is 36.4 Å². The van der Waals surface area contributed by atoms with E-state index in [2.05, 4.69) is 22.4 Å². The van der Waals surface area contributed by atoms with Crippen molar-refractivity contribution < 1.29 is 9.59 Å². The van der Waals surface area contributed by atoms with Gasteiger partial charge in [-0.2, -0.15) is 0 Å². The monoisotopic (exact) mass is 371 g/mol. The predicted molar refractivity (Wildman–Crippen MR) is 107 cm³/mol. The number of urea groups is 1. The van der Waals surface area contributed by atoms with E-state index in [0.717, 1.165) is 41.3 Å². The highest BCUT2D eigenvalue weighted by Crippen LogP contribution is 2.33. The van der Waals surface area contributed by atoms with Crippen LogP contribution in [0.5, 0.6) is 0 Å². The normalized spacial score (nSPS) is 21.2. The van der Waals surface area contributed by atoms with Gasteiger partial charge in [-0.25, -0.2) is 4.79 Å². The lowest BCUT2D eigenvalue weighted by molar-refractivity contribution is -0.131. The Morgan fingerprint density at radius 2 is 1.89 bits per heavy atom. The van der Waals surface area contributed by atoms with Gasteiger partial charge in [-0.15, -0.1) is 0 Å². The van der Waals surface area contributed by atoms with E-state index in [9.17, 15) is 9.59 Å². The number of aryl methyl sites for hydroxylation is 2. The number of pyridine rings is 1. The van der Waals surface area contributed by atoms with Gasteiger partial charge in [0, 0.05) is 11.6 Å². The van der Waals surface area contributed by atoms with Crippen LogP contribution in [0.1, 0.15) is 35.6 Å². The first-order valence-electron chi connectivity index (χ1n) is 9.65. The van der Waals surface area contributed by atoms with Crippen molar-refractivity contribution >= 4 is 22.8 Å². The van der Waals surface area contributed by atoms with Gasteiger partial charge in [-0.3, -0.25) is 14.7 Å². The number of nitrogens with zero attached hydrogens (tertiary/aromatic N) is 2. The molecule has 2 aliphatic rings. The Hall–Kier alpha value is -3.21. The number of aromatic nitrogens is 1. The lowest BCUT2D eigenvalue weighted by atomic mass is 9.89. The summed E-state index contributed by atoms with van der Waals surface area (Å²) in [5.41, 5.74) is 4.19. The number of benzene rings is 2. The number of hydrogen-bond acceptors (Lipinski definition) is 3. The standard InChI is InChI=1S/C23H21N3O2/c1-23(19-10-9-16-6-4-7-17(16)12-19)21(27)26(22(28)25-23)14-15-11-18-5-2-3-8-20(18)24-13-15/h2-3,5,8-13H,4,6-7,14H2,1H3,(H,25,28)/t23-/m1/s1. The molecule has 1 atom stereocenters. The predicted octanol–water partition coefficient (Wildman–Crippen LogP) is 3.69. The lowest BCUT2D eigenvalue weighted by Gasteiger charge is -2.23. The Labute approximate surface area is 163 Å². The van der Waals surface area contributed by atoms with E-state index in [1.54, 1.807) is 13.1 Å². The second kappa shape index (κ2) is 6.16. The molecule has 0 saturated carbocycles. The molecule has 5 nitrogen and oxygen atoms in total. The fourth-order valence-electron chi connectivity index (χ4n) is 4.30. The highest BCUT2D eigenvalue weighted by atomic mass is 16.2. The summed E-state index contributed by atoms with van der Waals surface area (Å²) in [5.74, 6) is -0.219. The van der Waals surface area contributed by atoms with E-state index < -0.39 is 5.54 Å². The first-order valence-corrected chi connectivity index (χ1v) is 9.65. The first kappa shape index (κ1) is 16.9.